The van der Waals surface area contributed by atoms with Gasteiger partial charge < -0.3 is 9.30 Å². The average Bonchev–Trinajstić information content (AvgIpc) is 2.93. The predicted molar refractivity (Wildman–Crippen MR) is 83.1 cm³/mol. The van der Waals surface area contributed by atoms with E-state index in [0.717, 1.165) is 12.1 Å². The second-order valence-electron chi connectivity index (χ2n) is 6.46. The predicted octanol–water partition coefficient (Wildman–Crippen LogP) is 2.72. The van der Waals surface area contributed by atoms with Gasteiger partial charge in [-0.15, -0.1) is 0 Å². The Bertz CT molecular complexity index is 637. The molecule has 0 spiro atoms. The Morgan fingerprint density at radius 2 is 1.90 bits per heavy atom. The molecule has 2 saturated heterocycles. The number of methoxy groups -OCH3 is 1. The minimum atomic E-state index is 0.458. The number of piperidine rings is 1. The van der Waals surface area contributed by atoms with Gasteiger partial charge in [-0.2, -0.15) is 0 Å². The number of para-hydroxylation sites is 2. The van der Waals surface area contributed by atoms with Gasteiger partial charge in [0.15, 0.2) is 0 Å². The van der Waals surface area contributed by atoms with Gasteiger partial charge in [-0.05, 0) is 37.8 Å². The number of aromatic nitrogens is 2. The molecule has 1 aromatic carbocycles. The van der Waals surface area contributed by atoms with Crippen molar-refractivity contribution in [2.45, 2.75) is 50.4 Å². The number of rotatable bonds is 3. The fraction of sp³-hybridized carbons (Fsp3) is 0.588. The molecule has 1 aromatic heterocycles. The van der Waals surface area contributed by atoms with Gasteiger partial charge in [0.2, 0.25) is 0 Å². The highest BCUT2D eigenvalue weighted by Crippen LogP contribution is 2.37. The highest BCUT2D eigenvalue weighted by molar-refractivity contribution is 5.75. The molecule has 0 N–H and O–H groups in total. The van der Waals surface area contributed by atoms with E-state index in [2.05, 4.69) is 40.8 Å². The van der Waals surface area contributed by atoms with E-state index in [4.69, 9.17) is 9.72 Å². The Hall–Kier alpha value is -1.39. The monoisotopic (exact) mass is 285 g/mol. The van der Waals surface area contributed by atoms with Crippen LogP contribution in [0.2, 0.25) is 0 Å². The van der Waals surface area contributed by atoms with Gasteiger partial charge in [-0.1, -0.05) is 12.1 Å². The zero-order chi connectivity index (χ0) is 14.4. The third-order valence-electron chi connectivity index (χ3n) is 5.38. The van der Waals surface area contributed by atoms with Crippen molar-refractivity contribution in [3.05, 3.63) is 30.1 Å². The third kappa shape index (κ3) is 2.17. The lowest BCUT2D eigenvalue weighted by molar-refractivity contribution is 0.00134. The molecule has 2 aromatic rings. The van der Waals surface area contributed by atoms with Crippen molar-refractivity contribution in [2.24, 2.45) is 7.05 Å². The molecule has 0 saturated carbocycles. The maximum Gasteiger partial charge on any atom is 0.123 e. The Labute approximate surface area is 125 Å². The van der Waals surface area contributed by atoms with Crippen molar-refractivity contribution in [3.63, 3.8) is 0 Å². The van der Waals surface area contributed by atoms with Crippen molar-refractivity contribution in [1.29, 1.82) is 0 Å². The number of ether oxygens (including phenoxy) is 1. The van der Waals surface area contributed by atoms with E-state index >= 15 is 0 Å². The molecule has 2 fully saturated rings. The van der Waals surface area contributed by atoms with E-state index in [1.165, 1.54) is 37.0 Å². The van der Waals surface area contributed by atoms with E-state index in [9.17, 15) is 0 Å². The summed E-state index contributed by atoms with van der Waals surface area (Å²) in [5, 5.41) is 0. The van der Waals surface area contributed by atoms with Crippen molar-refractivity contribution in [3.8, 4) is 0 Å². The molecule has 1 unspecified atom stereocenters. The van der Waals surface area contributed by atoms with Crippen molar-refractivity contribution in [1.82, 2.24) is 14.5 Å². The molecule has 3 heterocycles. The van der Waals surface area contributed by atoms with Crippen LogP contribution < -0.4 is 0 Å². The fourth-order valence-electron chi connectivity index (χ4n) is 4.17. The van der Waals surface area contributed by atoms with Gasteiger partial charge in [-0.25, -0.2) is 4.98 Å². The molecular weight excluding hydrogens is 262 g/mol. The molecule has 2 aliphatic heterocycles. The van der Waals surface area contributed by atoms with Crippen LogP contribution in [0.5, 0.6) is 0 Å². The van der Waals surface area contributed by atoms with Crippen molar-refractivity contribution in [2.75, 3.05) is 7.11 Å². The molecule has 2 bridgehead atoms. The molecule has 4 rings (SSSR count). The molecule has 0 radical (unpaired) electrons. The van der Waals surface area contributed by atoms with Gasteiger partial charge in [0.1, 0.15) is 5.82 Å². The first-order chi connectivity index (χ1) is 10.3. The third-order valence-corrected chi connectivity index (χ3v) is 5.38. The lowest BCUT2D eigenvalue weighted by Gasteiger charge is -2.38. The summed E-state index contributed by atoms with van der Waals surface area (Å²) in [7, 11) is 3.99. The molecule has 2 aliphatic rings. The topological polar surface area (TPSA) is 30.3 Å². The number of aryl methyl sites for hydroxylation is 1. The number of imidazole rings is 1. The van der Waals surface area contributed by atoms with Gasteiger partial charge in [-0.3, -0.25) is 4.90 Å². The molecule has 3 atom stereocenters. The van der Waals surface area contributed by atoms with Crippen LogP contribution in [0, 0.1) is 0 Å². The minimum absolute atomic E-state index is 0.458. The summed E-state index contributed by atoms with van der Waals surface area (Å²) in [6.07, 6.45) is 5.44. The summed E-state index contributed by atoms with van der Waals surface area (Å²) in [6, 6.07) is 9.75. The van der Waals surface area contributed by atoms with E-state index in [-0.39, 0.29) is 0 Å². The smallest absolute Gasteiger partial charge is 0.123 e. The summed E-state index contributed by atoms with van der Waals surface area (Å²) in [5.41, 5.74) is 2.33. The van der Waals surface area contributed by atoms with Crippen LogP contribution in [0.4, 0.5) is 0 Å². The fourth-order valence-corrected chi connectivity index (χ4v) is 4.17. The second kappa shape index (κ2) is 5.11. The Kier molecular flexibility index (Phi) is 3.23. The lowest BCUT2D eigenvalue weighted by Crippen LogP contribution is -2.45. The van der Waals surface area contributed by atoms with Gasteiger partial charge in [0.25, 0.3) is 0 Å². The maximum absolute atomic E-state index is 5.59. The summed E-state index contributed by atoms with van der Waals surface area (Å²) >= 11 is 0. The van der Waals surface area contributed by atoms with Gasteiger partial charge >= 0.3 is 0 Å². The number of benzene rings is 1. The van der Waals surface area contributed by atoms with Crippen LogP contribution in [-0.4, -0.2) is 39.7 Å². The molecule has 4 heteroatoms. The quantitative estimate of drug-likeness (QED) is 0.868. The summed E-state index contributed by atoms with van der Waals surface area (Å²) in [6.45, 7) is 0.969. The van der Waals surface area contributed by atoms with Gasteiger partial charge in [0.05, 0.1) is 23.7 Å². The first kappa shape index (κ1) is 13.3. The van der Waals surface area contributed by atoms with Gasteiger partial charge in [0, 0.05) is 26.2 Å². The Balaban J connectivity index is 1.59. The molecule has 112 valence electrons. The lowest BCUT2D eigenvalue weighted by atomic mass is 10.00. The molecule has 0 amide bonds. The zero-order valence-electron chi connectivity index (χ0n) is 12.8. The molecule has 21 heavy (non-hydrogen) atoms. The zero-order valence-corrected chi connectivity index (χ0v) is 12.8. The highest BCUT2D eigenvalue weighted by atomic mass is 16.5. The highest BCUT2D eigenvalue weighted by Gasteiger charge is 2.41. The van der Waals surface area contributed by atoms with Crippen LogP contribution in [0.15, 0.2) is 24.3 Å². The largest absolute Gasteiger partial charge is 0.381 e. The number of hydrogen-bond acceptors (Lipinski definition) is 3. The number of hydrogen-bond donors (Lipinski definition) is 0. The van der Waals surface area contributed by atoms with Crippen molar-refractivity contribution < 1.29 is 4.74 Å². The first-order valence-corrected chi connectivity index (χ1v) is 7.95. The Morgan fingerprint density at radius 3 is 2.57 bits per heavy atom. The Morgan fingerprint density at radius 1 is 1.19 bits per heavy atom. The van der Waals surface area contributed by atoms with E-state index < -0.39 is 0 Å². The van der Waals surface area contributed by atoms with Crippen LogP contribution >= 0.6 is 0 Å². The van der Waals surface area contributed by atoms with Crippen LogP contribution in [0.1, 0.15) is 31.5 Å². The maximum atomic E-state index is 5.59. The number of fused-ring (bicyclic) bond motifs is 3. The van der Waals surface area contributed by atoms with Crippen LogP contribution in [-0.2, 0) is 18.3 Å². The van der Waals surface area contributed by atoms with Crippen LogP contribution in [0.3, 0.4) is 0 Å². The van der Waals surface area contributed by atoms with E-state index in [1.807, 2.05) is 7.11 Å². The first-order valence-electron chi connectivity index (χ1n) is 7.95. The van der Waals surface area contributed by atoms with E-state index in [0.29, 0.717) is 18.2 Å². The minimum Gasteiger partial charge on any atom is -0.381 e. The molecule has 4 nitrogen and oxygen atoms in total. The van der Waals surface area contributed by atoms with Crippen LogP contribution in [0.25, 0.3) is 11.0 Å². The normalized spacial score (nSPS) is 29.3. The number of nitrogens with zero attached hydrogens (tertiary/aromatic N) is 3. The summed E-state index contributed by atoms with van der Waals surface area (Å²) < 4.78 is 7.84. The average molecular weight is 285 g/mol. The molecule has 0 aliphatic carbocycles. The second-order valence-corrected chi connectivity index (χ2v) is 6.46. The van der Waals surface area contributed by atoms with Crippen molar-refractivity contribution >= 4 is 11.0 Å². The SMILES string of the molecule is COC1C[C@H]2CC[C@@H](C1)N2Cc1nc2ccccc2n1C. The summed E-state index contributed by atoms with van der Waals surface area (Å²) in [5.74, 6) is 1.18. The standard InChI is InChI=1S/C17H23N3O/c1-19-16-6-4-3-5-15(16)18-17(19)11-20-12-7-8-13(20)10-14(9-12)21-2/h3-6,12-14H,7-11H2,1-2H3/t12-,13+,14?. The van der Waals surface area contributed by atoms with E-state index in [1.54, 1.807) is 0 Å². The molecular formula is C17H23N3O. The summed E-state index contributed by atoms with van der Waals surface area (Å²) in [4.78, 5) is 7.50.